The molecule has 0 saturated heterocycles. The lowest BCUT2D eigenvalue weighted by atomic mass is 10.1. The molecule has 0 fully saturated rings. The molecular weight excluding hydrogens is 293 g/mol. The highest BCUT2D eigenvalue weighted by atomic mass is 79.9. The van der Waals surface area contributed by atoms with Crippen LogP contribution in [0.2, 0.25) is 0 Å². The molecule has 0 spiro atoms. The van der Waals surface area contributed by atoms with Crippen LogP contribution in [-0.2, 0) is 0 Å². The summed E-state index contributed by atoms with van der Waals surface area (Å²) in [6.07, 6.45) is 0.696. The van der Waals surface area contributed by atoms with Gasteiger partial charge in [0.25, 0.3) is 5.91 Å². The van der Waals surface area contributed by atoms with E-state index in [4.69, 9.17) is 11.6 Å². The Kier molecular flexibility index (Phi) is 5.09. The molecule has 5 heteroatoms. The molecule has 1 amide bonds. The lowest BCUT2D eigenvalue weighted by Crippen LogP contribution is -2.32. The molecule has 0 heterocycles. The van der Waals surface area contributed by atoms with Crippen molar-refractivity contribution in [2.45, 2.75) is 19.4 Å². The molecule has 1 rings (SSSR count). The molecule has 0 aromatic heterocycles. The average molecular weight is 307 g/mol. The van der Waals surface area contributed by atoms with Crippen molar-refractivity contribution in [3.8, 4) is 5.75 Å². The van der Waals surface area contributed by atoms with E-state index in [-0.39, 0.29) is 23.3 Å². The number of carbonyl (C=O) groups excluding carboxylic acids is 1. The lowest BCUT2D eigenvalue weighted by molar-refractivity contribution is 0.0936. The number of nitrogens with one attached hydrogen (secondary N) is 1. The second kappa shape index (κ2) is 6.11. The maximum absolute atomic E-state index is 11.8. The van der Waals surface area contributed by atoms with Crippen molar-refractivity contribution < 1.29 is 9.90 Å². The third kappa shape index (κ3) is 3.68. The fraction of sp³-hybridized carbons (Fsp3) is 0.364. The van der Waals surface area contributed by atoms with Crippen molar-refractivity contribution >= 4 is 33.4 Å². The highest BCUT2D eigenvalue weighted by molar-refractivity contribution is 9.10. The highest BCUT2D eigenvalue weighted by Gasteiger charge is 2.13. The molecule has 1 unspecified atom stereocenters. The van der Waals surface area contributed by atoms with Crippen LogP contribution in [0.25, 0.3) is 0 Å². The van der Waals surface area contributed by atoms with Gasteiger partial charge in [-0.15, -0.1) is 11.6 Å². The van der Waals surface area contributed by atoms with Gasteiger partial charge >= 0.3 is 0 Å². The minimum Gasteiger partial charge on any atom is -0.507 e. The zero-order valence-electron chi connectivity index (χ0n) is 8.84. The Balaban J connectivity index is 2.76. The van der Waals surface area contributed by atoms with Crippen LogP contribution in [0.15, 0.2) is 22.7 Å². The number of hydrogen-bond acceptors (Lipinski definition) is 2. The maximum atomic E-state index is 11.8. The first-order valence-corrected chi connectivity index (χ1v) is 6.22. The van der Waals surface area contributed by atoms with Crippen LogP contribution in [0.1, 0.15) is 23.7 Å². The van der Waals surface area contributed by atoms with E-state index in [0.717, 1.165) is 4.47 Å². The number of benzene rings is 1. The van der Waals surface area contributed by atoms with Crippen molar-refractivity contribution in [2.24, 2.45) is 0 Å². The van der Waals surface area contributed by atoms with Gasteiger partial charge in [-0.1, -0.05) is 15.9 Å². The number of alkyl halides is 1. The normalized spacial score (nSPS) is 12.2. The number of amides is 1. The van der Waals surface area contributed by atoms with Crippen LogP contribution in [0, 0.1) is 0 Å². The molecular formula is C11H13BrClNO2. The molecule has 0 radical (unpaired) electrons. The van der Waals surface area contributed by atoms with Gasteiger partial charge in [0.15, 0.2) is 0 Å². The van der Waals surface area contributed by atoms with Gasteiger partial charge in [-0.2, -0.15) is 0 Å². The van der Waals surface area contributed by atoms with Gasteiger partial charge < -0.3 is 10.4 Å². The predicted octanol–water partition coefficient (Wildman–Crippen LogP) is 2.90. The van der Waals surface area contributed by atoms with Gasteiger partial charge in [-0.25, -0.2) is 0 Å². The molecule has 1 aromatic carbocycles. The number of phenolic OH excluding ortho intramolecular Hbond substituents is 1. The summed E-state index contributed by atoms with van der Waals surface area (Å²) in [5, 5.41) is 12.3. The van der Waals surface area contributed by atoms with Gasteiger partial charge in [-0.3, -0.25) is 4.79 Å². The zero-order chi connectivity index (χ0) is 12.1. The first kappa shape index (κ1) is 13.3. The molecule has 0 aliphatic heterocycles. The molecule has 0 saturated carbocycles. The SMILES string of the molecule is CC(CCCl)NC(=O)c1cc(Br)ccc1O. The highest BCUT2D eigenvalue weighted by Crippen LogP contribution is 2.21. The summed E-state index contributed by atoms with van der Waals surface area (Å²) in [6, 6.07) is 4.72. The Morgan fingerprint density at radius 2 is 2.31 bits per heavy atom. The number of aromatic hydroxyl groups is 1. The number of carbonyl (C=O) groups is 1. The zero-order valence-corrected chi connectivity index (χ0v) is 11.2. The van der Waals surface area contributed by atoms with Gasteiger partial charge in [0.05, 0.1) is 5.56 Å². The molecule has 2 N–H and O–H groups in total. The third-order valence-electron chi connectivity index (χ3n) is 2.12. The van der Waals surface area contributed by atoms with Gasteiger partial charge in [0.1, 0.15) is 5.75 Å². The van der Waals surface area contributed by atoms with Crippen molar-refractivity contribution in [1.29, 1.82) is 0 Å². The van der Waals surface area contributed by atoms with Crippen LogP contribution in [0.5, 0.6) is 5.75 Å². The Morgan fingerprint density at radius 1 is 1.62 bits per heavy atom. The van der Waals surface area contributed by atoms with E-state index >= 15 is 0 Å². The van der Waals surface area contributed by atoms with Crippen LogP contribution in [-0.4, -0.2) is 22.9 Å². The molecule has 16 heavy (non-hydrogen) atoms. The number of phenols is 1. The first-order chi connectivity index (χ1) is 7.54. The Labute approximate surface area is 108 Å². The second-order valence-corrected chi connectivity index (χ2v) is 4.81. The van der Waals surface area contributed by atoms with Gasteiger partial charge in [-0.05, 0) is 31.5 Å². The minimum atomic E-state index is -0.295. The van der Waals surface area contributed by atoms with E-state index in [1.165, 1.54) is 6.07 Å². The predicted molar refractivity (Wildman–Crippen MR) is 68.1 cm³/mol. The summed E-state index contributed by atoms with van der Waals surface area (Å²) in [5.41, 5.74) is 0.260. The van der Waals surface area contributed by atoms with E-state index in [0.29, 0.717) is 12.3 Å². The smallest absolute Gasteiger partial charge is 0.255 e. The number of rotatable bonds is 4. The fourth-order valence-corrected chi connectivity index (χ4v) is 1.92. The summed E-state index contributed by atoms with van der Waals surface area (Å²) < 4.78 is 0.750. The molecule has 0 bridgehead atoms. The van der Waals surface area contributed by atoms with Gasteiger partial charge in [0, 0.05) is 16.4 Å². The molecule has 1 atom stereocenters. The number of halogens is 2. The lowest BCUT2D eigenvalue weighted by Gasteiger charge is -2.13. The van der Waals surface area contributed by atoms with Crippen molar-refractivity contribution in [3.63, 3.8) is 0 Å². The topological polar surface area (TPSA) is 49.3 Å². The maximum Gasteiger partial charge on any atom is 0.255 e. The van der Waals surface area contributed by atoms with E-state index in [9.17, 15) is 9.90 Å². The summed E-state index contributed by atoms with van der Waals surface area (Å²) in [6.45, 7) is 1.87. The largest absolute Gasteiger partial charge is 0.507 e. The van der Waals surface area contributed by atoms with Crippen molar-refractivity contribution in [2.75, 3.05) is 5.88 Å². The quantitative estimate of drug-likeness (QED) is 0.840. The first-order valence-electron chi connectivity index (χ1n) is 4.90. The van der Waals surface area contributed by atoms with Crippen molar-refractivity contribution in [3.05, 3.63) is 28.2 Å². The Bertz CT molecular complexity index is 384. The second-order valence-electron chi connectivity index (χ2n) is 3.51. The Morgan fingerprint density at radius 3 is 2.94 bits per heavy atom. The summed E-state index contributed by atoms with van der Waals surface area (Å²) in [7, 11) is 0. The van der Waals surface area contributed by atoms with Crippen LogP contribution in [0.3, 0.4) is 0 Å². The molecule has 0 aliphatic rings. The van der Waals surface area contributed by atoms with Crippen molar-refractivity contribution in [1.82, 2.24) is 5.32 Å². The molecule has 88 valence electrons. The Hall–Kier alpha value is -0.740. The summed E-state index contributed by atoms with van der Waals surface area (Å²) in [5.74, 6) is 0.168. The summed E-state index contributed by atoms with van der Waals surface area (Å²) >= 11 is 8.82. The number of hydrogen-bond donors (Lipinski definition) is 2. The van der Waals surface area contributed by atoms with E-state index in [1.807, 2.05) is 6.92 Å². The third-order valence-corrected chi connectivity index (χ3v) is 2.83. The average Bonchev–Trinajstić information content (AvgIpc) is 2.21. The van der Waals surface area contributed by atoms with Crippen LogP contribution < -0.4 is 5.32 Å². The van der Waals surface area contributed by atoms with Crippen LogP contribution >= 0.6 is 27.5 Å². The van der Waals surface area contributed by atoms with Gasteiger partial charge in [0.2, 0.25) is 0 Å². The van der Waals surface area contributed by atoms with Crippen LogP contribution in [0.4, 0.5) is 0 Å². The molecule has 1 aromatic rings. The fourth-order valence-electron chi connectivity index (χ4n) is 1.23. The summed E-state index contributed by atoms with van der Waals surface area (Å²) in [4.78, 5) is 11.8. The van der Waals surface area contributed by atoms with E-state index < -0.39 is 0 Å². The van der Waals surface area contributed by atoms with E-state index in [2.05, 4.69) is 21.2 Å². The molecule has 3 nitrogen and oxygen atoms in total. The molecule has 0 aliphatic carbocycles. The monoisotopic (exact) mass is 305 g/mol. The standard InChI is InChI=1S/C11H13BrClNO2/c1-7(4-5-13)14-11(16)9-6-8(12)2-3-10(9)15/h2-3,6-7,15H,4-5H2,1H3,(H,14,16). The minimum absolute atomic E-state index is 0.0108. The van der Waals surface area contributed by atoms with E-state index in [1.54, 1.807) is 12.1 Å².